The van der Waals surface area contributed by atoms with E-state index in [1.807, 2.05) is 0 Å². The van der Waals surface area contributed by atoms with Crippen LogP contribution in [0.15, 0.2) is 40.8 Å². The highest BCUT2D eigenvalue weighted by atomic mass is 35.5. The van der Waals surface area contributed by atoms with Crippen molar-refractivity contribution in [2.45, 2.75) is 12.7 Å². The fourth-order valence-electron chi connectivity index (χ4n) is 1.67. The minimum Gasteiger partial charge on any atom is -0.460 e. The Morgan fingerprint density at radius 1 is 1.16 bits per heavy atom. The van der Waals surface area contributed by atoms with Gasteiger partial charge in [0.15, 0.2) is 0 Å². The lowest BCUT2D eigenvalue weighted by Gasteiger charge is -2.08. The van der Waals surface area contributed by atoms with Gasteiger partial charge in [-0.1, -0.05) is 23.7 Å². The second-order valence-corrected chi connectivity index (χ2v) is 4.47. The van der Waals surface area contributed by atoms with Crippen molar-refractivity contribution in [2.75, 3.05) is 13.2 Å². The van der Waals surface area contributed by atoms with E-state index in [0.29, 0.717) is 22.1 Å². The van der Waals surface area contributed by atoms with Crippen LogP contribution in [0.3, 0.4) is 0 Å². The molecule has 1 atom stereocenters. The van der Waals surface area contributed by atoms with Crippen molar-refractivity contribution < 1.29 is 19.4 Å². The van der Waals surface area contributed by atoms with Crippen LogP contribution in [0.2, 0.25) is 5.02 Å². The summed E-state index contributed by atoms with van der Waals surface area (Å²) in [5, 5.41) is 19.4. The van der Waals surface area contributed by atoms with E-state index in [-0.39, 0.29) is 19.8 Å². The molecule has 0 saturated carbocycles. The molecule has 0 saturated heterocycles. The molecule has 0 aliphatic heterocycles. The predicted octanol–water partition coefficient (Wildman–Crippen LogP) is 2.52. The molecule has 0 aliphatic rings. The average Bonchev–Trinajstić information content (AvgIpc) is 2.88. The van der Waals surface area contributed by atoms with Gasteiger partial charge in [0, 0.05) is 5.02 Å². The van der Waals surface area contributed by atoms with E-state index in [1.165, 1.54) is 0 Å². The zero-order chi connectivity index (χ0) is 13.7. The Bertz CT molecular complexity index is 506. The van der Waals surface area contributed by atoms with Crippen LogP contribution < -0.4 is 0 Å². The second-order valence-electron chi connectivity index (χ2n) is 4.03. The van der Waals surface area contributed by atoms with Crippen molar-refractivity contribution in [1.29, 1.82) is 0 Å². The van der Waals surface area contributed by atoms with Gasteiger partial charge >= 0.3 is 0 Å². The summed E-state index contributed by atoms with van der Waals surface area (Å²) >= 11 is 5.80. The Morgan fingerprint density at radius 2 is 1.89 bits per heavy atom. The van der Waals surface area contributed by atoms with Crippen molar-refractivity contribution in [2.24, 2.45) is 0 Å². The van der Waals surface area contributed by atoms with E-state index in [2.05, 4.69) is 0 Å². The molecular weight excluding hydrogens is 268 g/mol. The topological polar surface area (TPSA) is 62.8 Å². The van der Waals surface area contributed by atoms with Gasteiger partial charge in [-0.2, -0.15) is 0 Å². The molecule has 0 bridgehead atoms. The van der Waals surface area contributed by atoms with Crippen LogP contribution in [0.25, 0.3) is 0 Å². The third-order valence-electron chi connectivity index (χ3n) is 2.62. The molecule has 0 spiro atoms. The summed E-state index contributed by atoms with van der Waals surface area (Å²) in [6, 6.07) is 10.4. The summed E-state index contributed by atoms with van der Waals surface area (Å²) in [4.78, 5) is 0. The highest BCUT2D eigenvalue weighted by Gasteiger charge is 2.14. The number of halogens is 1. The van der Waals surface area contributed by atoms with Gasteiger partial charge in [-0.15, -0.1) is 0 Å². The molecule has 0 fully saturated rings. The van der Waals surface area contributed by atoms with Gasteiger partial charge < -0.3 is 19.4 Å². The molecule has 102 valence electrons. The number of furan rings is 1. The Morgan fingerprint density at radius 3 is 2.58 bits per heavy atom. The van der Waals surface area contributed by atoms with Gasteiger partial charge in [-0.25, -0.2) is 0 Å². The smallest absolute Gasteiger partial charge is 0.137 e. The summed E-state index contributed by atoms with van der Waals surface area (Å²) in [6.45, 7) is 0.505. The van der Waals surface area contributed by atoms with Gasteiger partial charge in [0.1, 0.15) is 24.2 Å². The first-order valence-corrected chi connectivity index (χ1v) is 6.29. The van der Waals surface area contributed by atoms with Crippen LogP contribution in [0.1, 0.15) is 23.2 Å². The zero-order valence-corrected chi connectivity index (χ0v) is 11.0. The van der Waals surface area contributed by atoms with Crippen molar-refractivity contribution >= 4 is 11.6 Å². The Labute approximate surface area is 116 Å². The highest BCUT2D eigenvalue weighted by molar-refractivity contribution is 6.30. The monoisotopic (exact) mass is 282 g/mol. The molecule has 1 heterocycles. The third kappa shape index (κ3) is 3.81. The molecule has 19 heavy (non-hydrogen) atoms. The van der Waals surface area contributed by atoms with Gasteiger partial charge in [-0.05, 0) is 29.8 Å². The number of hydrogen-bond donors (Lipinski definition) is 2. The van der Waals surface area contributed by atoms with E-state index in [1.54, 1.807) is 36.4 Å². The van der Waals surface area contributed by atoms with Crippen LogP contribution in [-0.2, 0) is 11.3 Å². The van der Waals surface area contributed by atoms with Crippen molar-refractivity contribution in [1.82, 2.24) is 0 Å². The van der Waals surface area contributed by atoms with E-state index in [9.17, 15) is 5.11 Å². The lowest BCUT2D eigenvalue weighted by atomic mass is 10.1. The second kappa shape index (κ2) is 6.73. The molecule has 1 aromatic carbocycles. The molecule has 0 aliphatic carbocycles. The molecule has 2 rings (SSSR count). The normalized spacial score (nSPS) is 12.6. The van der Waals surface area contributed by atoms with E-state index in [0.717, 1.165) is 0 Å². The number of benzene rings is 1. The maximum Gasteiger partial charge on any atom is 0.137 e. The lowest BCUT2D eigenvalue weighted by Crippen LogP contribution is -1.99. The highest BCUT2D eigenvalue weighted by Crippen LogP contribution is 2.25. The maximum absolute atomic E-state index is 10.2. The van der Waals surface area contributed by atoms with Crippen LogP contribution in [0.4, 0.5) is 0 Å². The quantitative estimate of drug-likeness (QED) is 0.799. The molecule has 1 unspecified atom stereocenters. The summed E-state index contributed by atoms with van der Waals surface area (Å²) in [5.41, 5.74) is 0.710. The lowest BCUT2D eigenvalue weighted by molar-refractivity contribution is 0.0690. The van der Waals surface area contributed by atoms with E-state index >= 15 is 0 Å². The molecule has 0 amide bonds. The van der Waals surface area contributed by atoms with Crippen molar-refractivity contribution in [3.63, 3.8) is 0 Å². The van der Waals surface area contributed by atoms with E-state index < -0.39 is 6.10 Å². The molecular formula is C14H15ClO4. The Hall–Kier alpha value is -1.33. The number of hydrogen-bond acceptors (Lipinski definition) is 4. The molecule has 2 N–H and O–H groups in total. The number of rotatable bonds is 6. The first kappa shape index (κ1) is 14.1. The SMILES string of the molecule is OCCOCc1ccc(C(O)c2ccc(Cl)cc2)o1. The van der Waals surface area contributed by atoms with Gasteiger partial charge in [0.25, 0.3) is 0 Å². The fraction of sp³-hybridized carbons (Fsp3) is 0.286. The number of aliphatic hydroxyl groups is 2. The summed E-state index contributed by atoms with van der Waals surface area (Å²) in [5.74, 6) is 1.06. The van der Waals surface area contributed by atoms with Crippen molar-refractivity contribution in [3.05, 3.63) is 58.5 Å². The minimum absolute atomic E-state index is 0.0268. The number of ether oxygens (including phenoxy) is 1. The van der Waals surface area contributed by atoms with Gasteiger partial charge in [0.05, 0.1) is 13.2 Å². The molecule has 0 radical (unpaired) electrons. The fourth-order valence-corrected chi connectivity index (χ4v) is 1.79. The van der Waals surface area contributed by atoms with E-state index in [4.69, 9.17) is 25.9 Å². The summed E-state index contributed by atoms with van der Waals surface area (Å²) in [7, 11) is 0. The molecule has 4 nitrogen and oxygen atoms in total. The van der Waals surface area contributed by atoms with Gasteiger partial charge in [-0.3, -0.25) is 0 Å². The zero-order valence-electron chi connectivity index (χ0n) is 10.3. The van der Waals surface area contributed by atoms with Crippen LogP contribution in [0, 0.1) is 0 Å². The molecule has 5 heteroatoms. The predicted molar refractivity (Wildman–Crippen MR) is 71.0 cm³/mol. The first-order valence-electron chi connectivity index (χ1n) is 5.91. The number of aliphatic hydroxyl groups excluding tert-OH is 2. The molecule has 2 aromatic rings. The van der Waals surface area contributed by atoms with Crippen LogP contribution in [-0.4, -0.2) is 23.4 Å². The summed E-state index contributed by atoms with van der Waals surface area (Å²) < 4.78 is 10.6. The van der Waals surface area contributed by atoms with Crippen LogP contribution >= 0.6 is 11.6 Å². The standard InChI is InChI=1S/C14H15ClO4/c15-11-3-1-10(2-4-11)14(17)13-6-5-12(19-13)9-18-8-7-16/h1-6,14,16-17H,7-9H2. The minimum atomic E-state index is -0.830. The van der Waals surface area contributed by atoms with Crippen LogP contribution in [0.5, 0.6) is 0 Å². The van der Waals surface area contributed by atoms with Crippen molar-refractivity contribution in [3.8, 4) is 0 Å². The Kier molecular flexibility index (Phi) is 4.99. The third-order valence-corrected chi connectivity index (χ3v) is 2.87. The Balaban J connectivity index is 2.03. The average molecular weight is 283 g/mol. The maximum atomic E-state index is 10.2. The summed E-state index contributed by atoms with van der Waals surface area (Å²) in [6.07, 6.45) is -0.830. The molecule has 1 aromatic heterocycles. The first-order chi connectivity index (χ1) is 9.20. The van der Waals surface area contributed by atoms with Gasteiger partial charge in [0.2, 0.25) is 0 Å². The largest absolute Gasteiger partial charge is 0.460 e.